The molecule has 0 spiro atoms. The molecule has 0 bridgehead atoms. The molecule has 0 saturated carbocycles. The molecule has 70 valence electrons. The molecule has 0 atom stereocenters. The number of fused-ring (bicyclic) bond motifs is 1. The van der Waals surface area contributed by atoms with Crippen LogP contribution in [0.5, 0.6) is 0 Å². The number of nitrogens with two attached hydrogens (primary N) is 1. The third kappa shape index (κ3) is 1.83. The van der Waals surface area contributed by atoms with Gasteiger partial charge in [0.25, 0.3) is 0 Å². The van der Waals surface area contributed by atoms with Crippen LogP contribution < -0.4 is 5.73 Å². The number of anilines is 1. The lowest BCUT2D eigenvalue weighted by Crippen LogP contribution is -1.79. The van der Waals surface area contributed by atoms with Crippen molar-refractivity contribution in [2.75, 3.05) is 5.73 Å². The van der Waals surface area contributed by atoms with Gasteiger partial charge in [-0.1, -0.05) is 26.0 Å². The summed E-state index contributed by atoms with van der Waals surface area (Å²) in [5.74, 6) is 0. The summed E-state index contributed by atoms with van der Waals surface area (Å²) in [5, 5.41) is 1.11. The molecule has 0 aliphatic carbocycles. The average molecular weight is 176 g/mol. The number of hydrogen-bond donors (Lipinski definition) is 2. The van der Waals surface area contributed by atoms with Crippen molar-refractivity contribution in [1.82, 2.24) is 4.98 Å². The maximum atomic E-state index is 5.70. The largest absolute Gasteiger partial charge is 0.397 e. The maximum absolute atomic E-state index is 5.70. The van der Waals surface area contributed by atoms with Crippen molar-refractivity contribution >= 4 is 16.6 Å². The van der Waals surface area contributed by atoms with Crippen LogP contribution in [0.3, 0.4) is 0 Å². The molecule has 0 aliphatic rings. The van der Waals surface area contributed by atoms with Gasteiger partial charge in [-0.25, -0.2) is 0 Å². The van der Waals surface area contributed by atoms with Crippen LogP contribution in [-0.2, 0) is 0 Å². The Balaban J connectivity index is 0.000000396. The summed E-state index contributed by atoms with van der Waals surface area (Å²) in [6.07, 6.45) is 1.82. The van der Waals surface area contributed by atoms with Crippen molar-refractivity contribution in [3.63, 3.8) is 0 Å². The standard InChI is InChI=1S/C9H10N2.C2H6/c1-6-2-3-7-8(10)5-11-9(7)4-6;1-2/h2-5,11H,10H2,1H3;1-2H3. The van der Waals surface area contributed by atoms with E-state index in [1.807, 2.05) is 26.1 Å². The predicted molar refractivity (Wildman–Crippen MR) is 58.8 cm³/mol. The van der Waals surface area contributed by atoms with Crippen LogP contribution in [0.25, 0.3) is 10.9 Å². The van der Waals surface area contributed by atoms with E-state index in [9.17, 15) is 0 Å². The molecule has 2 rings (SSSR count). The Morgan fingerprint density at radius 3 is 2.62 bits per heavy atom. The fraction of sp³-hybridized carbons (Fsp3) is 0.273. The van der Waals surface area contributed by atoms with E-state index in [0.717, 1.165) is 16.6 Å². The molecule has 0 unspecified atom stereocenters. The quantitative estimate of drug-likeness (QED) is 0.636. The number of nitrogen functional groups attached to an aromatic ring is 1. The van der Waals surface area contributed by atoms with E-state index >= 15 is 0 Å². The third-order valence-electron chi connectivity index (χ3n) is 1.87. The van der Waals surface area contributed by atoms with Crippen LogP contribution in [0.15, 0.2) is 24.4 Å². The second kappa shape index (κ2) is 3.99. The average Bonchev–Trinajstić information content (AvgIpc) is 2.51. The van der Waals surface area contributed by atoms with Crippen molar-refractivity contribution < 1.29 is 0 Å². The Hall–Kier alpha value is -1.44. The van der Waals surface area contributed by atoms with Crippen LogP contribution >= 0.6 is 0 Å². The minimum atomic E-state index is 0.819. The highest BCUT2D eigenvalue weighted by Gasteiger charge is 1.97. The van der Waals surface area contributed by atoms with Gasteiger partial charge in [-0.3, -0.25) is 0 Å². The Morgan fingerprint density at radius 1 is 1.23 bits per heavy atom. The number of aryl methyl sites for hydroxylation is 1. The summed E-state index contributed by atoms with van der Waals surface area (Å²) < 4.78 is 0. The van der Waals surface area contributed by atoms with Gasteiger partial charge in [0.15, 0.2) is 0 Å². The van der Waals surface area contributed by atoms with Crippen LogP contribution in [0, 0.1) is 6.92 Å². The zero-order chi connectivity index (χ0) is 9.84. The highest BCUT2D eigenvalue weighted by atomic mass is 14.7. The van der Waals surface area contributed by atoms with Gasteiger partial charge < -0.3 is 10.7 Å². The summed E-state index contributed by atoms with van der Waals surface area (Å²) in [4.78, 5) is 3.10. The Bertz CT molecular complexity index is 388. The molecule has 13 heavy (non-hydrogen) atoms. The predicted octanol–water partition coefficient (Wildman–Crippen LogP) is 3.08. The zero-order valence-corrected chi connectivity index (χ0v) is 8.39. The molecule has 1 heterocycles. The molecule has 0 saturated heterocycles. The second-order valence-corrected chi connectivity index (χ2v) is 2.79. The Morgan fingerprint density at radius 2 is 1.92 bits per heavy atom. The van der Waals surface area contributed by atoms with Crippen LogP contribution in [-0.4, -0.2) is 4.98 Å². The molecule has 1 aromatic heterocycles. The van der Waals surface area contributed by atoms with Crippen molar-refractivity contribution in [3.8, 4) is 0 Å². The van der Waals surface area contributed by atoms with Gasteiger partial charge in [0.2, 0.25) is 0 Å². The van der Waals surface area contributed by atoms with Gasteiger partial charge in [-0.15, -0.1) is 0 Å². The SMILES string of the molecule is CC.Cc1ccc2c(N)c[nH]c2c1. The number of aromatic nitrogens is 1. The number of hydrogen-bond acceptors (Lipinski definition) is 1. The van der Waals surface area contributed by atoms with Gasteiger partial charge in [0.1, 0.15) is 0 Å². The molecule has 3 N–H and O–H groups in total. The Labute approximate surface area is 78.8 Å². The summed E-state index contributed by atoms with van der Waals surface area (Å²) in [7, 11) is 0. The smallest absolute Gasteiger partial charge is 0.0571 e. The van der Waals surface area contributed by atoms with Crippen molar-refractivity contribution in [3.05, 3.63) is 30.0 Å². The van der Waals surface area contributed by atoms with E-state index in [0.29, 0.717) is 0 Å². The third-order valence-corrected chi connectivity index (χ3v) is 1.87. The summed E-state index contributed by atoms with van der Waals surface area (Å²) >= 11 is 0. The van der Waals surface area contributed by atoms with Crippen LogP contribution in [0.4, 0.5) is 5.69 Å². The molecule has 0 fully saturated rings. The first-order chi connectivity index (χ1) is 6.27. The monoisotopic (exact) mass is 176 g/mol. The molecular formula is C11H16N2. The molecule has 2 heteroatoms. The lowest BCUT2D eigenvalue weighted by atomic mass is 10.2. The highest BCUT2D eigenvalue weighted by Crippen LogP contribution is 2.20. The van der Waals surface area contributed by atoms with Crippen molar-refractivity contribution in [2.24, 2.45) is 0 Å². The molecule has 0 radical (unpaired) electrons. The van der Waals surface area contributed by atoms with E-state index in [4.69, 9.17) is 5.73 Å². The van der Waals surface area contributed by atoms with Gasteiger partial charge in [0.05, 0.1) is 5.69 Å². The highest BCUT2D eigenvalue weighted by molar-refractivity contribution is 5.91. The molecule has 2 nitrogen and oxygen atoms in total. The Kier molecular flexibility index (Phi) is 2.96. The molecule has 1 aromatic carbocycles. The minimum absolute atomic E-state index is 0.819. The molecule has 0 amide bonds. The van der Waals surface area contributed by atoms with E-state index in [1.54, 1.807) is 0 Å². The topological polar surface area (TPSA) is 41.8 Å². The summed E-state index contributed by atoms with van der Waals surface area (Å²) in [6.45, 7) is 6.07. The minimum Gasteiger partial charge on any atom is -0.397 e. The summed E-state index contributed by atoms with van der Waals surface area (Å²) in [5.41, 5.74) is 8.88. The fourth-order valence-electron chi connectivity index (χ4n) is 1.26. The van der Waals surface area contributed by atoms with E-state index in [1.165, 1.54) is 5.56 Å². The van der Waals surface area contributed by atoms with E-state index in [-0.39, 0.29) is 0 Å². The normalized spacial score (nSPS) is 9.46. The number of benzene rings is 1. The number of rotatable bonds is 0. The molecule has 2 aromatic rings. The zero-order valence-electron chi connectivity index (χ0n) is 8.39. The van der Waals surface area contributed by atoms with E-state index in [2.05, 4.69) is 24.0 Å². The van der Waals surface area contributed by atoms with Crippen molar-refractivity contribution in [2.45, 2.75) is 20.8 Å². The van der Waals surface area contributed by atoms with Crippen molar-refractivity contribution in [1.29, 1.82) is 0 Å². The first-order valence-electron chi connectivity index (χ1n) is 4.60. The van der Waals surface area contributed by atoms with Crippen LogP contribution in [0.2, 0.25) is 0 Å². The van der Waals surface area contributed by atoms with Gasteiger partial charge in [-0.2, -0.15) is 0 Å². The lowest BCUT2D eigenvalue weighted by Gasteiger charge is -1.92. The molecule has 0 aliphatic heterocycles. The number of nitrogens with one attached hydrogen (secondary N) is 1. The first-order valence-corrected chi connectivity index (χ1v) is 4.60. The fourth-order valence-corrected chi connectivity index (χ4v) is 1.26. The number of aromatic amines is 1. The van der Waals surface area contributed by atoms with Gasteiger partial charge >= 0.3 is 0 Å². The van der Waals surface area contributed by atoms with Crippen LogP contribution in [0.1, 0.15) is 19.4 Å². The molecular weight excluding hydrogens is 160 g/mol. The first kappa shape index (κ1) is 9.65. The second-order valence-electron chi connectivity index (χ2n) is 2.79. The number of H-pyrrole nitrogens is 1. The lowest BCUT2D eigenvalue weighted by molar-refractivity contribution is 1.44. The van der Waals surface area contributed by atoms with E-state index < -0.39 is 0 Å². The summed E-state index contributed by atoms with van der Waals surface area (Å²) in [6, 6.07) is 6.19. The van der Waals surface area contributed by atoms with Gasteiger partial charge in [0, 0.05) is 17.1 Å². The van der Waals surface area contributed by atoms with Gasteiger partial charge in [-0.05, 0) is 18.6 Å². The maximum Gasteiger partial charge on any atom is 0.0571 e.